The number of benzene rings is 1. The molecule has 0 aliphatic carbocycles. The summed E-state index contributed by atoms with van der Waals surface area (Å²) >= 11 is 0. The van der Waals surface area contributed by atoms with Crippen LogP contribution in [0.5, 0.6) is 0 Å². The van der Waals surface area contributed by atoms with Crippen molar-refractivity contribution in [3.8, 4) is 11.5 Å². The van der Waals surface area contributed by atoms with Crippen LogP contribution < -0.4 is 10.9 Å². The van der Waals surface area contributed by atoms with Gasteiger partial charge in [-0.1, -0.05) is 31.0 Å². The summed E-state index contributed by atoms with van der Waals surface area (Å²) in [5.41, 5.74) is 1.62. The second kappa shape index (κ2) is 10.5. The summed E-state index contributed by atoms with van der Waals surface area (Å²) in [6.07, 6.45) is 8.75. The van der Waals surface area contributed by atoms with Crippen LogP contribution in [0.4, 0.5) is 0 Å². The van der Waals surface area contributed by atoms with Gasteiger partial charge in [-0.25, -0.2) is 9.36 Å². The second-order valence-corrected chi connectivity index (χ2v) is 9.44. The first kappa shape index (κ1) is 24.0. The minimum atomic E-state index is -0.748. The fraction of sp³-hybridized carbons (Fsp3) is 0.407. The van der Waals surface area contributed by atoms with Crippen LogP contribution in [0.2, 0.25) is 0 Å². The largest absolute Gasteiger partial charge is 0.353 e. The van der Waals surface area contributed by atoms with E-state index in [0.29, 0.717) is 29.0 Å². The number of nitrogens with one attached hydrogen (secondary N) is 1. The molecule has 1 amide bonds. The number of carbonyl (C=O) groups excluding carboxylic acids is 1. The average Bonchev–Trinajstić information content (AvgIpc) is 3.49. The molecule has 3 aromatic heterocycles. The Morgan fingerprint density at radius 1 is 1.00 bits per heavy atom. The molecule has 36 heavy (non-hydrogen) atoms. The standard InChI is InChI=1S/C27H33N7O2/c1-20-24-23(26(32-17-10-11-18-32)34(30-24)22-12-6-5-7-13-22)27(36)33(29-20)21(2)25(35)28-14-19-31-15-8-3-4-9-16-31/h5-7,10-13,17-18,21H,3-4,8-9,14-16,19H2,1-2H3,(H,28,35)/t21-/m1/s1. The molecule has 5 rings (SSSR count). The van der Waals surface area contributed by atoms with Crippen molar-refractivity contribution in [2.45, 2.75) is 45.6 Å². The molecule has 1 atom stereocenters. The molecule has 4 heterocycles. The minimum Gasteiger partial charge on any atom is -0.353 e. The summed E-state index contributed by atoms with van der Waals surface area (Å²) in [6.45, 7) is 7.08. The van der Waals surface area contributed by atoms with Crippen LogP contribution in [0.3, 0.4) is 0 Å². The van der Waals surface area contributed by atoms with Crippen molar-refractivity contribution in [1.29, 1.82) is 0 Å². The summed E-state index contributed by atoms with van der Waals surface area (Å²) in [7, 11) is 0. The number of nitrogens with zero attached hydrogens (tertiary/aromatic N) is 6. The van der Waals surface area contributed by atoms with Crippen molar-refractivity contribution >= 4 is 16.8 Å². The van der Waals surface area contributed by atoms with E-state index in [1.54, 1.807) is 11.6 Å². The smallest absolute Gasteiger partial charge is 0.280 e. The molecule has 0 saturated carbocycles. The van der Waals surface area contributed by atoms with Crippen molar-refractivity contribution in [2.75, 3.05) is 26.2 Å². The van der Waals surface area contributed by atoms with Crippen molar-refractivity contribution in [3.05, 3.63) is 70.9 Å². The molecule has 0 spiro atoms. The van der Waals surface area contributed by atoms with Crippen molar-refractivity contribution in [1.82, 2.24) is 34.3 Å². The second-order valence-electron chi connectivity index (χ2n) is 9.44. The first-order valence-corrected chi connectivity index (χ1v) is 12.8. The van der Waals surface area contributed by atoms with Crippen LogP contribution in [-0.4, -0.2) is 61.1 Å². The monoisotopic (exact) mass is 487 g/mol. The molecule has 188 valence electrons. The van der Waals surface area contributed by atoms with Gasteiger partial charge < -0.3 is 14.8 Å². The Morgan fingerprint density at radius 2 is 1.69 bits per heavy atom. The Bertz CT molecular complexity index is 1380. The zero-order valence-electron chi connectivity index (χ0n) is 20.9. The Morgan fingerprint density at radius 3 is 2.39 bits per heavy atom. The molecule has 1 aromatic carbocycles. The normalized spacial score (nSPS) is 15.6. The van der Waals surface area contributed by atoms with Gasteiger partial charge in [0.15, 0.2) is 5.82 Å². The van der Waals surface area contributed by atoms with E-state index in [2.05, 4.69) is 15.3 Å². The molecule has 0 bridgehead atoms. The van der Waals surface area contributed by atoms with Crippen LogP contribution in [0.25, 0.3) is 22.4 Å². The predicted octanol–water partition coefficient (Wildman–Crippen LogP) is 3.23. The van der Waals surface area contributed by atoms with Crippen LogP contribution in [-0.2, 0) is 4.79 Å². The fourth-order valence-electron chi connectivity index (χ4n) is 4.91. The van der Waals surface area contributed by atoms with E-state index in [1.165, 1.54) is 30.4 Å². The first-order chi connectivity index (χ1) is 17.5. The van der Waals surface area contributed by atoms with E-state index >= 15 is 0 Å². The number of amides is 1. The van der Waals surface area contributed by atoms with Gasteiger partial charge >= 0.3 is 0 Å². The lowest BCUT2D eigenvalue weighted by Gasteiger charge is -2.21. The van der Waals surface area contributed by atoms with Crippen LogP contribution in [0.15, 0.2) is 59.7 Å². The number of hydrogen-bond acceptors (Lipinski definition) is 5. The van der Waals surface area contributed by atoms with Crippen molar-refractivity contribution < 1.29 is 4.79 Å². The predicted molar refractivity (Wildman–Crippen MR) is 140 cm³/mol. The SMILES string of the molecule is Cc1nn([C@H](C)C(=O)NCCN2CCCCCC2)c(=O)c2c(-n3cccc3)n(-c3ccccc3)nc12. The lowest BCUT2D eigenvalue weighted by atomic mass is 10.2. The summed E-state index contributed by atoms with van der Waals surface area (Å²) in [6, 6.07) is 12.8. The molecule has 9 nitrogen and oxygen atoms in total. The Kier molecular flexibility index (Phi) is 6.99. The molecule has 9 heteroatoms. The van der Waals surface area contributed by atoms with E-state index in [4.69, 9.17) is 5.10 Å². The number of aromatic nitrogens is 5. The van der Waals surface area contributed by atoms with Gasteiger partial charge in [0.1, 0.15) is 16.9 Å². The van der Waals surface area contributed by atoms with E-state index in [0.717, 1.165) is 25.3 Å². The number of aryl methyl sites for hydroxylation is 1. The third-order valence-corrected chi connectivity index (χ3v) is 6.91. The molecule has 0 unspecified atom stereocenters. The number of para-hydroxylation sites is 1. The Labute approximate surface area is 210 Å². The molecule has 1 N–H and O–H groups in total. The van der Waals surface area contributed by atoms with Gasteiger partial charge in [0.2, 0.25) is 5.91 Å². The molecular formula is C27H33N7O2. The molecule has 1 saturated heterocycles. The highest BCUT2D eigenvalue weighted by molar-refractivity contribution is 5.88. The summed E-state index contributed by atoms with van der Waals surface area (Å²) in [4.78, 5) is 29.2. The number of hydrogen-bond donors (Lipinski definition) is 1. The van der Waals surface area contributed by atoms with E-state index in [9.17, 15) is 9.59 Å². The molecule has 4 aromatic rings. The lowest BCUT2D eigenvalue weighted by Crippen LogP contribution is -2.41. The quantitative estimate of drug-likeness (QED) is 0.432. The maximum absolute atomic E-state index is 13.8. The van der Waals surface area contributed by atoms with Crippen LogP contribution in [0, 0.1) is 6.92 Å². The van der Waals surface area contributed by atoms with Gasteiger partial charge in [-0.2, -0.15) is 10.2 Å². The molecular weight excluding hydrogens is 454 g/mol. The van der Waals surface area contributed by atoms with E-state index in [-0.39, 0.29) is 11.5 Å². The van der Waals surface area contributed by atoms with Gasteiger partial charge in [-0.05, 0) is 64.0 Å². The Balaban J connectivity index is 1.47. The molecule has 0 radical (unpaired) electrons. The average molecular weight is 488 g/mol. The Hall–Kier alpha value is -3.72. The highest BCUT2D eigenvalue weighted by Crippen LogP contribution is 2.25. The number of likely N-dealkylation sites (tertiary alicyclic amines) is 1. The molecule has 1 fully saturated rings. The molecule has 1 aliphatic heterocycles. The number of fused-ring (bicyclic) bond motifs is 1. The zero-order chi connectivity index (χ0) is 25.1. The van der Waals surface area contributed by atoms with Crippen LogP contribution >= 0.6 is 0 Å². The maximum Gasteiger partial charge on any atom is 0.280 e. The number of rotatable bonds is 7. The topological polar surface area (TPSA) is 90.0 Å². The first-order valence-electron chi connectivity index (χ1n) is 12.8. The molecule has 1 aliphatic rings. The third-order valence-electron chi connectivity index (χ3n) is 6.91. The highest BCUT2D eigenvalue weighted by Gasteiger charge is 2.25. The van der Waals surface area contributed by atoms with Gasteiger partial charge in [0.05, 0.1) is 11.4 Å². The summed E-state index contributed by atoms with van der Waals surface area (Å²) < 4.78 is 4.93. The summed E-state index contributed by atoms with van der Waals surface area (Å²) in [5, 5.41) is 12.7. The zero-order valence-corrected chi connectivity index (χ0v) is 20.9. The van der Waals surface area contributed by atoms with E-state index < -0.39 is 6.04 Å². The lowest BCUT2D eigenvalue weighted by molar-refractivity contribution is -0.124. The van der Waals surface area contributed by atoms with Crippen LogP contribution in [0.1, 0.15) is 44.3 Å². The van der Waals surface area contributed by atoms with Gasteiger partial charge in [-0.3, -0.25) is 9.59 Å². The fourth-order valence-corrected chi connectivity index (χ4v) is 4.91. The third kappa shape index (κ3) is 4.70. The van der Waals surface area contributed by atoms with Crippen molar-refractivity contribution in [3.63, 3.8) is 0 Å². The van der Waals surface area contributed by atoms with E-state index in [1.807, 2.05) is 66.3 Å². The minimum absolute atomic E-state index is 0.212. The summed E-state index contributed by atoms with van der Waals surface area (Å²) in [5.74, 6) is 0.412. The van der Waals surface area contributed by atoms with Gasteiger partial charge in [-0.15, -0.1) is 0 Å². The maximum atomic E-state index is 13.8. The number of carbonyl (C=O) groups is 1. The van der Waals surface area contributed by atoms with Gasteiger partial charge in [0, 0.05) is 25.5 Å². The van der Waals surface area contributed by atoms with Gasteiger partial charge in [0.25, 0.3) is 5.56 Å². The highest BCUT2D eigenvalue weighted by atomic mass is 16.2. The van der Waals surface area contributed by atoms with Crippen molar-refractivity contribution in [2.24, 2.45) is 0 Å².